The molecule has 0 aliphatic carbocycles. The van der Waals surface area contributed by atoms with Gasteiger partial charge in [0.2, 0.25) is 0 Å². The molecule has 4 nitrogen and oxygen atoms in total. The molecule has 242 valence electrons. The number of fused-ring (bicyclic) bond motifs is 8. The third kappa shape index (κ3) is 7.28. The van der Waals surface area contributed by atoms with Gasteiger partial charge < -0.3 is 9.97 Å². The van der Waals surface area contributed by atoms with Crippen molar-refractivity contribution in [2.24, 2.45) is 0 Å². The molecule has 5 heterocycles. The largest absolute Gasteiger partial charge is 0.355 e. The Morgan fingerprint density at radius 1 is 0.458 bits per heavy atom. The lowest BCUT2D eigenvalue weighted by Crippen LogP contribution is -1.91. The molecule has 8 bridgehead atoms. The fourth-order valence-corrected chi connectivity index (χ4v) is 6.87. The van der Waals surface area contributed by atoms with Gasteiger partial charge in [-0.2, -0.15) is 0 Å². The predicted octanol–water partition coefficient (Wildman–Crippen LogP) is 12.2. The number of aryl methyl sites for hydroxylation is 2. The molecule has 0 saturated heterocycles. The lowest BCUT2D eigenvalue weighted by Gasteiger charge is -2.07. The van der Waals surface area contributed by atoms with Gasteiger partial charge in [-0.25, -0.2) is 9.97 Å². The van der Waals surface area contributed by atoms with Crippen LogP contribution < -0.4 is 0 Å². The van der Waals surface area contributed by atoms with E-state index in [0.29, 0.717) is 0 Å². The van der Waals surface area contributed by atoms with Crippen molar-refractivity contribution in [3.63, 3.8) is 0 Å². The Bertz CT molecular complexity index is 1990. The van der Waals surface area contributed by atoms with Crippen molar-refractivity contribution in [1.82, 2.24) is 19.9 Å². The molecule has 4 heteroatoms. The highest BCUT2D eigenvalue weighted by molar-refractivity contribution is 5.94. The average Bonchev–Trinajstić information content (AvgIpc) is 3.94. The van der Waals surface area contributed by atoms with Gasteiger partial charge in [-0.3, -0.25) is 0 Å². The Labute approximate surface area is 284 Å². The third-order valence-corrected chi connectivity index (χ3v) is 9.52. The zero-order valence-electron chi connectivity index (χ0n) is 28.4. The number of rotatable bonds is 12. The van der Waals surface area contributed by atoms with Crippen molar-refractivity contribution in [1.29, 1.82) is 0 Å². The first-order chi connectivity index (χ1) is 23.7. The Morgan fingerprint density at radius 2 is 0.917 bits per heavy atom. The number of hydrogen-bond donors (Lipinski definition) is 2. The summed E-state index contributed by atoms with van der Waals surface area (Å²) >= 11 is 0. The number of hydrogen-bond acceptors (Lipinski definition) is 2. The summed E-state index contributed by atoms with van der Waals surface area (Å²) in [6, 6.07) is 31.1. The summed E-state index contributed by atoms with van der Waals surface area (Å²) in [6.45, 7) is 4.53. The Balaban J connectivity index is 1.32. The van der Waals surface area contributed by atoms with E-state index in [2.05, 4.69) is 133 Å². The molecule has 0 unspecified atom stereocenters. The topological polar surface area (TPSA) is 57.4 Å². The van der Waals surface area contributed by atoms with Crippen molar-refractivity contribution >= 4 is 46.4 Å². The summed E-state index contributed by atoms with van der Waals surface area (Å²) in [4.78, 5) is 17.6. The lowest BCUT2D eigenvalue weighted by atomic mass is 9.99. The van der Waals surface area contributed by atoms with Crippen LogP contribution >= 0.6 is 0 Å². The van der Waals surface area contributed by atoms with Crippen molar-refractivity contribution < 1.29 is 0 Å². The normalized spacial score (nSPS) is 12.2. The molecule has 0 atom stereocenters. The quantitative estimate of drug-likeness (QED) is 0.132. The van der Waals surface area contributed by atoms with E-state index in [4.69, 9.17) is 9.97 Å². The van der Waals surface area contributed by atoms with E-state index in [9.17, 15) is 0 Å². The summed E-state index contributed by atoms with van der Waals surface area (Å²) in [5.74, 6) is 0. The van der Waals surface area contributed by atoms with E-state index in [1.54, 1.807) is 0 Å². The molecule has 7 rings (SSSR count). The predicted molar refractivity (Wildman–Crippen MR) is 205 cm³/mol. The van der Waals surface area contributed by atoms with Gasteiger partial charge in [0.15, 0.2) is 0 Å². The highest BCUT2D eigenvalue weighted by Gasteiger charge is 2.15. The molecule has 2 aliphatic rings. The molecule has 0 fully saturated rings. The van der Waals surface area contributed by atoms with Crippen LogP contribution in [0.25, 0.3) is 68.6 Å². The molecular weight excluding hydrogens is 585 g/mol. The van der Waals surface area contributed by atoms with E-state index < -0.39 is 0 Å². The van der Waals surface area contributed by atoms with E-state index in [0.717, 1.165) is 74.4 Å². The van der Waals surface area contributed by atoms with E-state index >= 15 is 0 Å². The number of aromatic amines is 2. The summed E-state index contributed by atoms with van der Waals surface area (Å²) in [5.41, 5.74) is 15.2. The van der Waals surface area contributed by atoms with Gasteiger partial charge in [-0.1, -0.05) is 101 Å². The van der Waals surface area contributed by atoms with Crippen molar-refractivity contribution in [3.8, 4) is 22.3 Å². The number of H-pyrrole nitrogens is 2. The second-order valence-electron chi connectivity index (χ2n) is 13.2. The summed E-state index contributed by atoms with van der Waals surface area (Å²) in [5, 5.41) is 0. The number of nitrogens with one attached hydrogen (secondary N) is 2. The molecule has 0 amide bonds. The van der Waals surface area contributed by atoms with Gasteiger partial charge in [-0.15, -0.1) is 0 Å². The van der Waals surface area contributed by atoms with Gasteiger partial charge in [-0.05, 0) is 109 Å². The Hall–Kier alpha value is -4.96. The first-order valence-electron chi connectivity index (χ1n) is 18.0. The van der Waals surface area contributed by atoms with Crippen LogP contribution in [0.2, 0.25) is 0 Å². The minimum Gasteiger partial charge on any atom is -0.355 e. The SMILES string of the molecule is CCCCCCc1ccc(-c2c3nc(cc4ccc([nH]4)c(-c4ccc(CCCCCC)cc4)c4ccc(cc5nc2C=C5)[nH]4)C=C3)cc1. The van der Waals surface area contributed by atoms with Crippen LogP contribution in [0.5, 0.6) is 0 Å². The zero-order valence-corrected chi connectivity index (χ0v) is 28.4. The number of aromatic nitrogens is 4. The van der Waals surface area contributed by atoms with E-state index in [1.165, 1.54) is 68.1 Å². The summed E-state index contributed by atoms with van der Waals surface area (Å²) < 4.78 is 0. The lowest BCUT2D eigenvalue weighted by molar-refractivity contribution is 0.667. The second-order valence-corrected chi connectivity index (χ2v) is 13.2. The smallest absolute Gasteiger partial charge is 0.0737 e. The van der Waals surface area contributed by atoms with Crippen LogP contribution in [-0.2, 0) is 12.8 Å². The van der Waals surface area contributed by atoms with Crippen LogP contribution in [0.3, 0.4) is 0 Å². The van der Waals surface area contributed by atoms with E-state index in [1.807, 2.05) is 0 Å². The van der Waals surface area contributed by atoms with Crippen LogP contribution in [-0.4, -0.2) is 19.9 Å². The molecule has 0 spiro atoms. The van der Waals surface area contributed by atoms with Crippen LogP contribution in [0.15, 0.2) is 84.9 Å². The zero-order chi connectivity index (χ0) is 32.7. The molecule has 3 aromatic heterocycles. The molecule has 2 aromatic carbocycles. The van der Waals surface area contributed by atoms with Crippen molar-refractivity contribution in [2.75, 3.05) is 0 Å². The third-order valence-electron chi connectivity index (χ3n) is 9.52. The average molecular weight is 631 g/mol. The highest BCUT2D eigenvalue weighted by Crippen LogP contribution is 2.33. The summed E-state index contributed by atoms with van der Waals surface area (Å²) in [6.07, 6.45) is 20.9. The van der Waals surface area contributed by atoms with Crippen molar-refractivity contribution in [3.05, 3.63) is 119 Å². The molecular formula is C44H46N4. The molecule has 0 radical (unpaired) electrons. The van der Waals surface area contributed by atoms with Gasteiger partial charge in [0, 0.05) is 33.2 Å². The minimum atomic E-state index is 0.921. The number of unbranched alkanes of at least 4 members (excludes halogenated alkanes) is 6. The van der Waals surface area contributed by atoms with Crippen molar-refractivity contribution in [2.45, 2.75) is 78.1 Å². The fourth-order valence-electron chi connectivity index (χ4n) is 6.87. The molecule has 2 N–H and O–H groups in total. The molecule has 0 saturated carbocycles. The van der Waals surface area contributed by atoms with Crippen LogP contribution in [0, 0.1) is 0 Å². The Kier molecular flexibility index (Phi) is 9.79. The van der Waals surface area contributed by atoms with Crippen LogP contribution in [0.1, 0.15) is 99.1 Å². The first kappa shape index (κ1) is 31.6. The maximum atomic E-state index is 5.12. The standard InChI is InChI=1S/C44H46N4/c1-3-5-7-9-11-31-13-17-33(18-14-31)43-39-25-21-35(45-39)29-37-23-27-41(47-37)44(34-19-15-32(16-20-34)12-10-8-6-4-2)42-28-24-38(48-42)30-36-22-26-40(43)46-36/h13-30,45-46H,3-12H2,1-2H3. The molecule has 5 aromatic rings. The van der Waals surface area contributed by atoms with Gasteiger partial charge >= 0.3 is 0 Å². The maximum absolute atomic E-state index is 5.12. The monoisotopic (exact) mass is 630 g/mol. The maximum Gasteiger partial charge on any atom is 0.0737 e. The molecule has 48 heavy (non-hydrogen) atoms. The number of benzene rings is 2. The second kappa shape index (κ2) is 14.9. The number of nitrogens with zero attached hydrogens (tertiary/aromatic N) is 2. The highest BCUT2D eigenvalue weighted by atomic mass is 14.8. The van der Waals surface area contributed by atoms with Gasteiger partial charge in [0.05, 0.1) is 22.8 Å². The summed E-state index contributed by atoms with van der Waals surface area (Å²) in [7, 11) is 0. The molecule has 2 aliphatic heterocycles. The fraction of sp³-hybridized carbons (Fsp3) is 0.273. The first-order valence-corrected chi connectivity index (χ1v) is 18.0. The van der Waals surface area contributed by atoms with E-state index in [-0.39, 0.29) is 0 Å². The Morgan fingerprint density at radius 3 is 1.38 bits per heavy atom. The van der Waals surface area contributed by atoms with Crippen LogP contribution in [0.4, 0.5) is 0 Å². The van der Waals surface area contributed by atoms with Gasteiger partial charge in [0.25, 0.3) is 0 Å². The van der Waals surface area contributed by atoms with Gasteiger partial charge in [0.1, 0.15) is 0 Å². The minimum absolute atomic E-state index is 0.921.